The summed E-state index contributed by atoms with van der Waals surface area (Å²) in [6.07, 6.45) is 2.00. The van der Waals surface area contributed by atoms with Crippen LogP contribution >= 0.6 is 11.3 Å². The lowest BCUT2D eigenvalue weighted by atomic mass is 10.1. The van der Waals surface area contributed by atoms with Crippen molar-refractivity contribution in [3.8, 4) is 0 Å². The van der Waals surface area contributed by atoms with Crippen molar-refractivity contribution in [2.24, 2.45) is 0 Å². The fourth-order valence-electron chi connectivity index (χ4n) is 2.47. The molecule has 2 aromatic heterocycles. The quantitative estimate of drug-likeness (QED) is 0.652. The van der Waals surface area contributed by atoms with E-state index in [1.165, 1.54) is 5.39 Å². The summed E-state index contributed by atoms with van der Waals surface area (Å²) in [5, 5.41) is 15.6. The van der Waals surface area contributed by atoms with Gasteiger partial charge in [-0.15, -0.1) is 11.3 Å². The number of carboxylic acids is 1. The van der Waals surface area contributed by atoms with E-state index < -0.39 is 5.97 Å². The van der Waals surface area contributed by atoms with Crippen molar-refractivity contribution in [2.75, 3.05) is 0 Å². The Balaban J connectivity index is 1.77. The third-order valence-electron chi connectivity index (χ3n) is 3.48. The van der Waals surface area contributed by atoms with Crippen LogP contribution in [0.3, 0.4) is 0 Å². The zero-order valence-electron chi connectivity index (χ0n) is 11.4. The smallest absolute Gasteiger partial charge is 0.305 e. The van der Waals surface area contributed by atoms with Gasteiger partial charge in [0.2, 0.25) is 0 Å². The summed E-state index contributed by atoms with van der Waals surface area (Å²) in [5.41, 5.74) is 2.25. The molecular weight excluding hydrogens is 284 g/mol. The average Bonchev–Trinajstić information content (AvgIpc) is 3.13. The van der Waals surface area contributed by atoms with Gasteiger partial charge >= 0.3 is 5.97 Å². The Morgan fingerprint density at radius 1 is 1.29 bits per heavy atom. The molecule has 0 saturated carbocycles. The number of benzene rings is 1. The first kappa shape index (κ1) is 13.9. The Hall–Kier alpha value is -2.11. The number of H-pyrrole nitrogens is 1. The van der Waals surface area contributed by atoms with Crippen LogP contribution in [-0.2, 0) is 11.3 Å². The molecule has 0 bridgehead atoms. The van der Waals surface area contributed by atoms with Crippen LogP contribution < -0.4 is 5.32 Å². The average molecular weight is 300 g/mol. The molecule has 1 aromatic carbocycles. The molecule has 5 heteroatoms. The van der Waals surface area contributed by atoms with E-state index in [4.69, 9.17) is 5.11 Å². The molecule has 0 aliphatic heterocycles. The zero-order chi connectivity index (χ0) is 14.7. The van der Waals surface area contributed by atoms with E-state index in [1.807, 2.05) is 35.8 Å². The predicted molar refractivity (Wildman–Crippen MR) is 84.5 cm³/mol. The van der Waals surface area contributed by atoms with Crippen LogP contribution in [0.2, 0.25) is 0 Å². The first-order valence-corrected chi connectivity index (χ1v) is 7.65. The number of carboxylic acid groups (broad SMARTS) is 1. The van der Waals surface area contributed by atoms with Gasteiger partial charge in [-0.05, 0) is 28.5 Å². The molecule has 1 unspecified atom stereocenters. The minimum Gasteiger partial charge on any atom is -0.481 e. The van der Waals surface area contributed by atoms with Crippen LogP contribution in [0.5, 0.6) is 0 Å². The number of nitrogens with one attached hydrogen (secondary N) is 2. The maximum atomic E-state index is 11.0. The number of rotatable bonds is 6. The third-order valence-corrected chi connectivity index (χ3v) is 4.46. The number of carbonyl (C=O) groups is 1. The molecule has 0 saturated heterocycles. The minimum absolute atomic E-state index is 0.0845. The Labute approximate surface area is 126 Å². The zero-order valence-corrected chi connectivity index (χ0v) is 12.2. The highest BCUT2D eigenvalue weighted by Gasteiger charge is 2.16. The highest BCUT2D eigenvalue weighted by molar-refractivity contribution is 7.10. The largest absolute Gasteiger partial charge is 0.481 e. The van der Waals surface area contributed by atoms with Gasteiger partial charge in [0.1, 0.15) is 0 Å². The van der Waals surface area contributed by atoms with Gasteiger partial charge in [-0.2, -0.15) is 0 Å². The van der Waals surface area contributed by atoms with E-state index in [-0.39, 0.29) is 12.5 Å². The van der Waals surface area contributed by atoms with Gasteiger partial charge in [0.05, 0.1) is 12.5 Å². The SMILES string of the molecule is O=C(O)CC(NCc1cccc2cc[nH]c12)c1cccs1. The van der Waals surface area contributed by atoms with Gasteiger partial charge in [-0.1, -0.05) is 24.3 Å². The van der Waals surface area contributed by atoms with Crippen LogP contribution in [0.15, 0.2) is 48.0 Å². The second-order valence-corrected chi connectivity index (χ2v) is 5.89. The molecule has 0 aliphatic carbocycles. The number of hydrogen-bond acceptors (Lipinski definition) is 3. The van der Waals surface area contributed by atoms with Crippen molar-refractivity contribution < 1.29 is 9.90 Å². The van der Waals surface area contributed by atoms with Gasteiger partial charge in [-0.25, -0.2) is 0 Å². The summed E-state index contributed by atoms with van der Waals surface area (Å²) in [7, 11) is 0. The molecule has 1 atom stereocenters. The maximum Gasteiger partial charge on any atom is 0.305 e. The lowest BCUT2D eigenvalue weighted by Gasteiger charge is -2.16. The predicted octanol–water partition coefficient (Wildman–Crippen LogP) is 3.54. The molecule has 4 nitrogen and oxygen atoms in total. The van der Waals surface area contributed by atoms with Crippen LogP contribution in [0.4, 0.5) is 0 Å². The van der Waals surface area contributed by atoms with E-state index in [0.717, 1.165) is 16.0 Å². The highest BCUT2D eigenvalue weighted by atomic mass is 32.1. The summed E-state index contributed by atoms with van der Waals surface area (Å²) in [6, 6.07) is 11.9. The van der Waals surface area contributed by atoms with Crippen molar-refractivity contribution in [2.45, 2.75) is 19.0 Å². The number of aliphatic carboxylic acids is 1. The summed E-state index contributed by atoms with van der Waals surface area (Å²) in [5.74, 6) is -0.793. The number of hydrogen-bond donors (Lipinski definition) is 3. The third kappa shape index (κ3) is 3.15. The molecule has 0 aliphatic rings. The van der Waals surface area contributed by atoms with Gasteiger partial charge < -0.3 is 15.4 Å². The fraction of sp³-hybridized carbons (Fsp3) is 0.188. The van der Waals surface area contributed by atoms with Crippen molar-refractivity contribution in [1.82, 2.24) is 10.3 Å². The molecule has 3 rings (SSSR count). The minimum atomic E-state index is -0.793. The van der Waals surface area contributed by atoms with Crippen molar-refractivity contribution in [1.29, 1.82) is 0 Å². The van der Waals surface area contributed by atoms with Crippen LogP contribution in [0.1, 0.15) is 22.9 Å². The number of aromatic nitrogens is 1. The molecular formula is C16H16N2O2S. The van der Waals surface area contributed by atoms with Crippen LogP contribution in [-0.4, -0.2) is 16.1 Å². The van der Waals surface area contributed by atoms with Gasteiger partial charge in [0.25, 0.3) is 0 Å². The molecule has 108 valence electrons. The number of thiophene rings is 1. The fourth-order valence-corrected chi connectivity index (χ4v) is 3.27. The van der Waals surface area contributed by atoms with E-state index in [9.17, 15) is 4.79 Å². The number of para-hydroxylation sites is 1. The molecule has 0 amide bonds. The van der Waals surface area contributed by atoms with Crippen molar-refractivity contribution >= 4 is 28.2 Å². The van der Waals surface area contributed by atoms with Gasteiger partial charge in [0, 0.05) is 23.1 Å². The van der Waals surface area contributed by atoms with Gasteiger partial charge in [-0.3, -0.25) is 4.79 Å². The molecule has 0 radical (unpaired) electrons. The first-order valence-electron chi connectivity index (χ1n) is 6.77. The van der Waals surface area contributed by atoms with Crippen LogP contribution in [0, 0.1) is 0 Å². The number of fused-ring (bicyclic) bond motifs is 1. The normalized spacial score (nSPS) is 12.6. The topological polar surface area (TPSA) is 65.1 Å². The summed E-state index contributed by atoms with van der Waals surface area (Å²) < 4.78 is 0. The standard InChI is InChI=1S/C16H16N2O2S/c19-15(20)9-13(14-5-2-8-21-14)18-10-12-4-1-3-11-6-7-17-16(11)12/h1-8,13,17-18H,9-10H2,(H,19,20). The van der Waals surface area contributed by atoms with E-state index >= 15 is 0 Å². The molecule has 21 heavy (non-hydrogen) atoms. The Morgan fingerprint density at radius 2 is 2.19 bits per heavy atom. The summed E-state index contributed by atoms with van der Waals surface area (Å²) in [6.45, 7) is 0.633. The van der Waals surface area contributed by atoms with E-state index in [1.54, 1.807) is 11.3 Å². The molecule has 0 fully saturated rings. The molecule has 3 N–H and O–H groups in total. The van der Waals surface area contributed by atoms with E-state index in [2.05, 4.69) is 22.4 Å². The van der Waals surface area contributed by atoms with Gasteiger partial charge in [0.15, 0.2) is 0 Å². The van der Waals surface area contributed by atoms with Crippen molar-refractivity contribution in [3.05, 3.63) is 58.4 Å². The second-order valence-electron chi connectivity index (χ2n) is 4.91. The second kappa shape index (κ2) is 6.11. The lowest BCUT2D eigenvalue weighted by molar-refractivity contribution is -0.137. The number of aromatic amines is 1. The lowest BCUT2D eigenvalue weighted by Crippen LogP contribution is -2.23. The Bertz CT molecular complexity index is 734. The van der Waals surface area contributed by atoms with Crippen LogP contribution in [0.25, 0.3) is 10.9 Å². The van der Waals surface area contributed by atoms with E-state index in [0.29, 0.717) is 6.54 Å². The Morgan fingerprint density at radius 3 is 2.95 bits per heavy atom. The molecule has 3 aromatic rings. The first-order chi connectivity index (χ1) is 10.2. The summed E-state index contributed by atoms with van der Waals surface area (Å²) >= 11 is 1.58. The maximum absolute atomic E-state index is 11.0. The summed E-state index contributed by atoms with van der Waals surface area (Å²) in [4.78, 5) is 15.3. The molecule has 2 heterocycles. The Kier molecular flexibility index (Phi) is 4.03. The molecule has 0 spiro atoms. The van der Waals surface area contributed by atoms with Crippen molar-refractivity contribution in [3.63, 3.8) is 0 Å². The highest BCUT2D eigenvalue weighted by Crippen LogP contribution is 2.23. The monoisotopic (exact) mass is 300 g/mol.